The predicted molar refractivity (Wildman–Crippen MR) is 152 cm³/mol. The summed E-state index contributed by atoms with van der Waals surface area (Å²) < 4.78 is 21.2. The first kappa shape index (κ1) is 27.9. The number of carbonyl (C=O) groups is 1. The van der Waals surface area contributed by atoms with Crippen molar-refractivity contribution in [1.29, 1.82) is 0 Å². The van der Waals surface area contributed by atoms with Crippen LogP contribution in [0.15, 0.2) is 96.3 Å². The third-order valence-corrected chi connectivity index (χ3v) is 5.71. The van der Waals surface area contributed by atoms with Crippen molar-refractivity contribution in [2.24, 2.45) is 0 Å². The zero-order chi connectivity index (χ0) is 27.3. The second-order valence-electron chi connectivity index (χ2n) is 8.14. The highest BCUT2D eigenvalue weighted by atomic mass is 16.5. The van der Waals surface area contributed by atoms with Crippen LogP contribution in [0, 0.1) is 0 Å². The van der Waals surface area contributed by atoms with Gasteiger partial charge in [-0.25, -0.2) is 0 Å². The molecule has 0 amide bonds. The van der Waals surface area contributed by atoms with E-state index in [4.69, 9.17) is 18.9 Å². The Morgan fingerprint density at radius 2 is 1.18 bits per heavy atom. The zero-order valence-electron chi connectivity index (χ0n) is 22.0. The van der Waals surface area contributed by atoms with E-state index in [1.807, 2.05) is 54.6 Å². The van der Waals surface area contributed by atoms with Gasteiger partial charge in [-0.2, -0.15) is 0 Å². The number of ether oxygens (including phenoxy) is 4. The Bertz CT molecular complexity index is 1350. The van der Waals surface area contributed by atoms with Gasteiger partial charge in [0, 0.05) is 5.57 Å². The van der Waals surface area contributed by atoms with Crippen molar-refractivity contribution < 1.29 is 28.8 Å². The molecule has 1 N–H and O–H groups in total. The van der Waals surface area contributed by atoms with Crippen molar-refractivity contribution in [1.82, 2.24) is 0 Å². The molecule has 0 fully saturated rings. The molecule has 0 aliphatic rings. The van der Waals surface area contributed by atoms with E-state index in [-0.39, 0.29) is 23.5 Å². The number of aliphatic hydroxyl groups excluding tert-OH is 1. The first-order valence-electron chi connectivity index (χ1n) is 12.0. The summed E-state index contributed by atoms with van der Waals surface area (Å²) in [4.78, 5) is 13.2. The van der Waals surface area contributed by atoms with Crippen LogP contribution in [0.25, 0.3) is 18.2 Å². The third kappa shape index (κ3) is 7.64. The van der Waals surface area contributed by atoms with Crippen LogP contribution in [0.3, 0.4) is 0 Å². The number of methoxy groups -OCH3 is 4. The fraction of sp³-hybridized carbons (Fsp3) is 0.156. The highest BCUT2D eigenvalue weighted by molar-refractivity contribution is 6.07. The number of hydrogen-bond acceptors (Lipinski definition) is 6. The van der Waals surface area contributed by atoms with Crippen LogP contribution >= 0.6 is 0 Å². The minimum absolute atomic E-state index is 0.126. The van der Waals surface area contributed by atoms with Gasteiger partial charge in [-0.15, -0.1) is 0 Å². The summed E-state index contributed by atoms with van der Waals surface area (Å²) in [5.41, 5.74) is 2.79. The number of ketones is 1. The van der Waals surface area contributed by atoms with Gasteiger partial charge in [-0.3, -0.25) is 4.79 Å². The molecule has 0 aliphatic carbocycles. The van der Waals surface area contributed by atoms with Crippen LogP contribution in [0.4, 0.5) is 0 Å². The molecule has 0 saturated heterocycles. The minimum Gasteiger partial charge on any atom is -0.508 e. The van der Waals surface area contributed by atoms with E-state index in [1.165, 1.54) is 12.2 Å². The molecule has 3 aromatic carbocycles. The van der Waals surface area contributed by atoms with Crippen LogP contribution in [0.2, 0.25) is 0 Å². The molecule has 0 spiro atoms. The SMILES string of the molecule is COc1ccc(/C=C/C(=O)C(C/C=C/c2ccccc2)=C(O)/C=C/c2ccc(OC)c(OC)c2)cc1OC. The normalized spacial score (nSPS) is 12.1. The molecule has 0 saturated carbocycles. The average Bonchev–Trinajstić information content (AvgIpc) is 2.96. The molecule has 196 valence electrons. The Hall–Kier alpha value is -4.71. The molecular weight excluding hydrogens is 480 g/mol. The van der Waals surface area contributed by atoms with Gasteiger partial charge in [0.15, 0.2) is 28.8 Å². The quantitative estimate of drug-likeness (QED) is 0.161. The molecule has 6 nitrogen and oxygen atoms in total. The first-order chi connectivity index (χ1) is 18.5. The summed E-state index contributed by atoms with van der Waals surface area (Å²) in [6.07, 6.45) is 10.3. The standard InChI is InChI=1S/C32H32O6/c1-35-29-19-15-24(21-31(29)37-3)13-17-27(33)26(12-8-11-23-9-6-5-7-10-23)28(34)18-14-25-16-20-30(36-2)32(22-25)38-4/h5-11,13-22,33H,12H2,1-4H3/b11-8+,17-13+,18-14+,27-26?. The maximum absolute atomic E-state index is 13.2. The number of benzene rings is 3. The van der Waals surface area contributed by atoms with E-state index in [0.29, 0.717) is 23.0 Å². The van der Waals surface area contributed by atoms with Gasteiger partial charge in [0.1, 0.15) is 5.76 Å². The van der Waals surface area contributed by atoms with E-state index >= 15 is 0 Å². The second-order valence-corrected chi connectivity index (χ2v) is 8.14. The first-order valence-corrected chi connectivity index (χ1v) is 12.0. The molecule has 0 bridgehead atoms. The largest absolute Gasteiger partial charge is 0.508 e. The van der Waals surface area contributed by atoms with Crippen molar-refractivity contribution in [2.45, 2.75) is 6.42 Å². The maximum atomic E-state index is 13.2. The Balaban J connectivity index is 1.89. The van der Waals surface area contributed by atoms with E-state index in [2.05, 4.69) is 0 Å². The fourth-order valence-corrected chi connectivity index (χ4v) is 3.67. The molecule has 0 unspecified atom stereocenters. The fourth-order valence-electron chi connectivity index (χ4n) is 3.67. The summed E-state index contributed by atoms with van der Waals surface area (Å²) in [7, 11) is 6.25. The van der Waals surface area contributed by atoms with Crippen LogP contribution < -0.4 is 18.9 Å². The Labute approximate surface area is 223 Å². The predicted octanol–water partition coefficient (Wildman–Crippen LogP) is 6.93. The van der Waals surface area contributed by atoms with Gasteiger partial charge in [0.05, 0.1) is 28.4 Å². The van der Waals surface area contributed by atoms with Crippen molar-refractivity contribution >= 4 is 24.0 Å². The summed E-state index contributed by atoms with van der Waals surface area (Å²) in [5.74, 6) is 1.89. The lowest BCUT2D eigenvalue weighted by Crippen LogP contribution is -2.02. The maximum Gasteiger partial charge on any atom is 0.185 e. The number of carbonyl (C=O) groups excluding carboxylic acids is 1. The molecule has 0 radical (unpaired) electrons. The number of hydrogen-bond donors (Lipinski definition) is 1. The molecular formula is C32H32O6. The lowest BCUT2D eigenvalue weighted by Gasteiger charge is -2.08. The van der Waals surface area contributed by atoms with E-state index in [9.17, 15) is 9.90 Å². The number of rotatable bonds is 12. The summed E-state index contributed by atoms with van der Waals surface area (Å²) in [6.45, 7) is 0. The monoisotopic (exact) mass is 512 g/mol. The molecule has 0 aromatic heterocycles. The van der Waals surface area contributed by atoms with Crippen molar-refractivity contribution in [3.8, 4) is 23.0 Å². The molecule has 0 aliphatic heterocycles. The van der Waals surface area contributed by atoms with E-state index in [0.717, 1.165) is 16.7 Å². The summed E-state index contributed by atoms with van der Waals surface area (Å²) in [6, 6.07) is 20.5. The Morgan fingerprint density at radius 3 is 1.71 bits per heavy atom. The van der Waals surface area contributed by atoms with Gasteiger partial charge in [0.25, 0.3) is 0 Å². The Kier molecular flexibility index (Phi) is 10.4. The highest BCUT2D eigenvalue weighted by Crippen LogP contribution is 2.29. The lowest BCUT2D eigenvalue weighted by atomic mass is 10.0. The van der Waals surface area contributed by atoms with Gasteiger partial charge in [-0.05, 0) is 59.5 Å². The molecule has 3 aromatic rings. The highest BCUT2D eigenvalue weighted by Gasteiger charge is 2.11. The molecule has 0 heterocycles. The third-order valence-electron chi connectivity index (χ3n) is 5.71. The van der Waals surface area contributed by atoms with E-state index < -0.39 is 0 Å². The van der Waals surface area contributed by atoms with Crippen molar-refractivity contribution in [2.75, 3.05) is 28.4 Å². The van der Waals surface area contributed by atoms with Gasteiger partial charge >= 0.3 is 0 Å². The van der Waals surface area contributed by atoms with Crippen LogP contribution in [0.5, 0.6) is 23.0 Å². The molecule has 3 rings (SSSR count). The van der Waals surface area contributed by atoms with Crippen LogP contribution in [0.1, 0.15) is 23.1 Å². The number of allylic oxidation sites excluding steroid dienone is 4. The lowest BCUT2D eigenvalue weighted by molar-refractivity contribution is -0.111. The zero-order valence-corrected chi connectivity index (χ0v) is 22.0. The average molecular weight is 513 g/mol. The smallest absolute Gasteiger partial charge is 0.185 e. The topological polar surface area (TPSA) is 74.2 Å². The van der Waals surface area contributed by atoms with Gasteiger partial charge in [-0.1, -0.05) is 66.8 Å². The summed E-state index contributed by atoms with van der Waals surface area (Å²) in [5, 5.41) is 10.9. The second kappa shape index (κ2) is 14.1. The summed E-state index contributed by atoms with van der Waals surface area (Å²) >= 11 is 0. The molecule has 0 atom stereocenters. The molecule has 38 heavy (non-hydrogen) atoms. The minimum atomic E-state index is -0.313. The van der Waals surface area contributed by atoms with Crippen LogP contribution in [-0.2, 0) is 4.79 Å². The molecule has 6 heteroatoms. The van der Waals surface area contributed by atoms with Crippen LogP contribution in [-0.4, -0.2) is 39.3 Å². The van der Waals surface area contributed by atoms with Crippen molar-refractivity contribution in [3.63, 3.8) is 0 Å². The van der Waals surface area contributed by atoms with Crippen molar-refractivity contribution in [3.05, 3.63) is 113 Å². The van der Waals surface area contributed by atoms with Gasteiger partial charge < -0.3 is 24.1 Å². The Morgan fingerprint density at radius 1 is 0.658 bits per heavy atom. The number of aliphatic hydroxyl groups is 1. The van der Waals surface area contributed by atoms with Gasteiger partial charge in [0.2, 0.25) is 0 Å². The van der Waals surface area contributed by atoms with E-state index in [1.54, 1.807) is 64.9 Å².